The summed E-state index contributed by atoms with van der Waals surface area (Å²) < 4.78 is 0. The minimum absolute atomic E-state index is 0.0644. The van der Waals surface area contributed by atoms with Gasteiger partial charge in [0.2, 0.25) is 0 Å². The molecule has 1 aromatic carbocycles. The number of hydrogen-bond donors (Lipinski definition) is 2. The highest BCUT2D eigenvalue weighted by Gasteiger charge is 2.31. The third kappa shape index (κ3) is 2.82. The average molecular weight is 285 g/mol. The van der Waals surface area contributed by atoms with Crippen LogP contribution in [-0.2, 0) is 4.79 Å². The Hall–Kier alpha value is -2.17. The van der Waals surface area contributed by atoms with E-state index in [4.69, 9.17) is 0 Å². The summed E-state index contributed by atoms with van der Waals surface area (Å²) in [5, 5.41) is 12.7. The molecule has 1 heterocycles. The predicted molar refractivity (Wildman–Crippen MR) is 81.3 cm³/mol. The lowest BCUT2D eigenvalue weighted by molar-refractivity contribution is -0.143. The van der Waals surface area contributed by atoms with Crippen molar-refractivity contribution in [2.45, 2.75) is 38.6 Å². The van der Waals surface area contributed by atoms with Crippen LogP contribution in [0.4, 0.5) is 5.82 Å². The maximum absolute atomic E-state index is 11.4. The molecular weight excluding hydrogens is 266 g/mol. The zero-order valence-corrected chi connectivity index (χ0v) is 12.0. The highest BCUT2D eigenvalue weighted by Crippen LogP contribution is 2.28. The summed E-state index contributed by atoms with van der Waals surface area (Å²) in [5.74, 6) is -0.364. The van der Waals surface area contributed by atoms with E-state index in [1.807, 2.05) is 31.2 Å². The summed E-state index contributed by atoms with van der Waals surface area (Å²) >= 11 is 0. The van der Waals surface area contributed by atoms with Gasteiger partial charge in [0.25, 0.3) is 0 Å². The fraction of sp³-hybridized carbons (Fsp3) is 0.438. The minimum Gasteiger partial charge on any atom is -0.481 e. The van der Waals surface area contributed by atoms with E-state index in [9.17, 15) is 9.90 Å². The number of rotatable bonds is 3. The van der Waals surface area contributed by atoms with Crippen LogP contribution in [-0.4, -0.2) is 27.1 Å². The SMILES string of the molecule is Cc1nc2ccccc2nc1NC1CCCCC1C(=O)O. The summed E-state index contributed by atoms with van der Waals surface area (Å²) in [6.07, 6.45) is 3.64. The van der Waals surface area contributed by atoms with Gasteiger partial charge in [-0.05, 0) is 31.9 Å². The molecule has 1 saturated carbocycles. The van der Waals surface area contributed by atoms with Crippen LogP contribution >= 0.6 is 0 Å². The highest BCUT2D eigenvalue weighted by atomic mass is 16.4. The van der Waals surface area contributed by atoms with Gasteiger partial charge in [0.1, 0.15) is 5.82 Å². The first-order valence-electron chi connectivity index (χ1n) is 7.38. The van der Waals surface area contributed by atoms with Gasteiger partial charge < -0.3 is 10.4 Å². The number of carbonyl (C=O) groups is 1. The van der Waals surface area contributed by atoms with Crippen molar-refractivity contribution in [3.8, 4) is 0 Å². The van der Waals surface area contributed by atoms with Gasteiger partial charge in [0.05, 0.1) is 22.6 Å². The molecule has 2 unspecified atom stereocenters. The van der Waals surface area contributed by atoms with Crippen molar-refractivity contribution in [3.63, 3.8) is 0 Å². The molecule has 1 aliphatic rings. The lowest BCUT2D eigenvalue weighted by atomic mass is 9.84. The fourth-order valence-electron chi connectivity index (χ4n) is 3.00. The van der Waals surface area contributed by atoms with Gasteiger partial charge in [-0.1, -0.05) is 25.0 Å². The van der Waals surface area contributed by atoms with Gasteiger partial charge in [0.15, 0.2) is 0 Å². The molecule has 0 radical (unpaired) electrons. The molecule has 1 aromatic heterocycles. The average Bonchev–Trinajstić information content (AvgIpc) is 2.48. The van der Waals surface area contributed by atoms with Gasteiger partial charge in [-0.25, -0.2) is 9.97 Å². The topological polar surface area (TPSA) is 75.1 Å². The van der Waals surface area contributed by atoms with Crippen LogP contribution in [0.2, 0.25) is 0 Å². The van der Waals surface area contributed by atoms with E-state index in [2.05, 4.69) is 15.3 Å². The summed E-state index contributed by atoms with van der Waals surface area (Å²) in [5.41, 5.74) is 2.50. The number of aliphatic carboxylic acids is 1. The first-order valence-corrected chi connectivity index (χ1v) is 7.38. The molecule has 2 aromatic rings. The van der Waals surface area contributed by atoms with E-state index >= 15 is 0 Å². The highest BCUT2D eigenvalue weighted by molar-refractivity contribution is 5.76. The third-order valence-corrected chi connectivity index (χ3v) is 4.15. The molecule has 0 saturated heterocycles. The minimum atomic E-state index is -0.724. The maximum atomic E-state index is 11.4. The number of nitrogens with one attached hydrogen (secondary N) is 1. The quantitative estimate of drug-likeness (QED) is 0.906. The van der Waals surface area contributed by atoms with Crippen LogP contribution in [0, 0.1) is 12.8 Å². The molecule has 1 fully saturated rings. The zero-order chi connectivity index (χ0) is 14.8. The first-order chi connectivity index (χ1) is 10.1. The maximum Gasteiger partial charge on any atom is 0.308 e. The Morgan fingerprint density at radius 2 is 1.86 bits per heavy atom. The Kier molecular flexibility index (Phi) is 3.73. The summed E-state index contributed by atoms with van der Waals surface area (Å²) in [4.78, 5) is 20.5. The molecule has 0 spiro atoms. The molecule has 0 aliphatic heterocycles. The van der Waals surface area contributed by atoms with E-state index in [0.29, 0.717) is 5.82 Å². The molecular formula is C16H19N3O2. The second-order valence-corrected chi connectivity index (χ2v) is 5.63. The fourth-order valence-corrected chi connectivity index (χ4v) is 3.00. The number of aryl methyl sites for hydroxylation is 1. The summed E-state index contributed by atoms with van der Waals surface area (Å²) in [6, 6.07) is 7.65. The second kappa shape index (κ2) is 5.68. The lowest BCUT2D eigenvalue weighted by Crippen LogP contribution is -2.37. The van der Waals surface area contributed by atoms with Crippen LogP contribution in [0.3, 0.4) is 0 Å². The van der Waals surface area contributed by atoms with E-state index in [1.54, 1.807) is 0 Å². The molecule has 21 heavy (non-hydrogen) atoms. The zero-order valence-electron chi connectivity index (χ0n) is 12.0. The second-order valence-electron chi connectivity index (χ2n) is 5.63. The predicted octanol–water partition coefficient (Wildman–Crippen LogP) is 2.99. The molecule has 2 N–H and O–H groups in total. The van der Waals surface area contributed by atoms with Gasteiger partial charge in [-0.3, -0.25) is 4.79 Å². The van der Waals surface area contributed by atoms with Crippen LogP contribution in [0.5, 0.6) is 0 Å². The van der Waals surface area contributed by atoms with E-state index < -0.39 is 5.97 Å². The Morgan fingerprint density at radius 1 is 1.19 bits per heavy atom. The smallest absolute Gasteiger partial charge is 0.308 e. The normalized spacial score (nSPS) is 22.1. The Labute approximate surface area is 123 Å². The van der Waals surface area contributed by atoms with Crippen molar-refractivity contribution in [3.05, 3.63) is 30.0 Å². The van der Waals surface area contributed by atoms with E-state index in [-0.39, 0.29) is 12.0 Å². The summed E-state index contributed by atoms with van der Waals surface area (Å²) in [7, 11) is 0. The number of benzene rings is 1. The molecule has 5 heteroatoms. The molecule has 5 nitrogen and oxygen atoms in total. The Bertz CT molecular complexity index is 672. The largest absolute Gasteiger partial charge is 0.481 e. The van der Waals surface area contributed by atoms with Crippen LogP contribution in [0.25, 0.3) is 11.0 Å². The van der Waals surface area contributed by atoms with Gasteiger partial charge in [0, 0.05) is 6.04 Å². The van der Waals surface area contributed by atoms with Gasteiger partial charge in [-0.2, -0.15) is 0 Å². The number of carboxylic acids is 1. The third-order valence-electron chi connectivity index (χ3n) is 4.15. The Morgan fingerprint density at radius 3 is 2.57 bits per heavy atom. The number of hydrogen-bond acceptors (Lipinski definition) is 4. The molecule has 0 bridgehead atoms. The van der Waals surface area contributed by atoms with Crippen molar-refractivity contribution >= 4 is 22.8 Å². The van der Waals surface area contributed by atoms with Gasteiger partial charge >= 0.3 is 5.97 Å². The Balaban J connectivity index is 1.89. The monoisotopic (exact) mass is 285 g/mol. The van der Waals surface area contributed by atoms with Crippen molar-refractivity contribution in [1.82, 2.24) is 9.97 Å². The van der Waals surface area contributed by atoms with Crippen LogP contribution in [0.1, 0.15) is 31.4 Å². The molecule has 0 amide bonds. The number of fused-ring (bicyclic) bond motifs is 1. The van der Waals surface area contributed by atoms with Crippen molar-refractivity contribution in [2.75, 3.05) is 5.32 Å². The van der Waals surface area contributed by atoms with Crippen LogP contribution < -0.4 is 5.32 Å². The van der Waals surface area contributed by atoms with Gasteiger partial charge in [-0.15, -0.1) is 0 Å². The molecule has 3 rings (SSSR count). The summed E-state index contributed by atoms with van der Waals surface area (Å²) in [6.45, 7) is 1.90. The first kappa shape index (κ1) is 13.8. The molecule has 1 aliphatic carbocycles. The van der Waals surface area contributed by atoms with E-state index in [1.165, 1.54) is 0 Å². The number of para-hydroxylation sites is 2. The standard InChI is InChI=1S/C16H19N3O2/c1-10-15(19-14-9-5-4-8-13(14)17-10)18-12-7-3-2-6-11(12)16(20)21/h4-5,8-9,11-12H,2-3,6-7H2,1H3,(H,18,19)(H,20,21). The van der Waals surface area contributed by atoms with Crippen molar-refractivity contribution in [1.29, 1.82) is 0 Å². The lowest BCUT2D eigenvalue weighted by Gasteiger charge is -2.30. The van der Waals surface area contributed by atoms with Crippen molar-refractivity contribution in [2.24, 2.45) is 5.92 Å². The number of carboxylic acid groups (broad SMARTS) is 1. The molecule has 2 atom stereocenters. The van der Waals surface area contributed by atoms with Crippen molar-refractivity contribution < 1.29 is 9.90 Å². The number of aromatic nitrogens is 2. The number of anilines is 1. The number of nitrogens with zero attached hydrogens (tertiary/aromatic N) is 2. The van der Waals surface area contributed by atoms with E-state index in [0.717, 1.165) is 42.4 Å². The van der Waals surface area contributed by atoms with Crippen LogP contribution in [0.15, 0.2) is 24.3 Å². The molecule has 110 valence electrons.